The Labute approximate surface area is 120 Å². The summed E-state index contributed by atoms with van der Waals surface area (Å²) in [5.41, 5.74) is 0. The predicted molar refractivity (Wildman–Crippen MR) is 84.8 cm³/mol. The molecule has 0 bridgehead atoms. The van der Waals surface area contributed by atoms with Gasteiger partial charge in [-0.15, -0.1) is 0 Å². The molecule has 0 aromatic rings. The molecule has 19 heavy (non-hydrogen) atoms. The summed E-state index contributed by atoms with van der Waals surface area (Å²) in [5.74, 6) is 0. The molecular weight excluding hydrogens is 234 g/mol. The Kier molecular flexibility index (Phi) is 11.5. The van der Waals surface area contributed by atoms with E-state index in [1.54, 1.807) is 0 Å². The highest BCUT2D eigenvalue weighted by atomic mass is 15.1. The molecule has 1 rings (SSSR count). The highest BCUT2D eigenvalue weighted by Gasteiger charge is 1.99. The number of hydrogen-bond acceptors (Lipinski definition) is 3. The van der Waals surface area contributed by atoms with Gasteiger partial charge in [-0.25, -0.2) is 0 Å². The number of nitrogens with zero attached hydrogens (tertiary/aromatic N) is 1. The minimum Gasteiger partial charge on any atom is -0.317 e. The van der Waals surface area contributed by atoms with Crippen molar-refractivity contribution in [2.75, 3.05) is 46.3 Å². The fraction of sp³-hybridized carbons (Fsp3) is 1.00. The minimum atomic E-state index is 1.21. The zero-order chi connectivity index (χ0) is 13.6. The van der Waals surface area contributed by atoms with Crippen LogP contribution in [0.5, 0.6) is 0 Å². The second kappa shape index (κ2) is 12.9. The second-order valence-electron chi connectivity index (χ2n) is 5.99. The molecule has 0 radical (unpaired) electrons. The van der Waals surface area contributed by atoms with Gasteiger partial charge in [-0.2, -0.15) is 0 Å². The number of rotatable bonds is 0. The maximum Gasteiger partial charge on any atom is -0.00218 e. The molecule has 3 nitrogen and oxygen atoms in total. The van der Waals surface area contributed by atoms with Crippen molar-refractivity contribution in [1.82, 2.24) is 15.5 Å². The lowest BCUT2D eigenvalue weighted by atomic mass is 10.2. The molecule has 3 heteroatoms. The minimum absolute atomic E-state index is 1.21. The number of nitrogens with one attached hydrogen (secondary N) is 2. The topological polar surface area (TPSA) is 27.3 Å². The van der Waals surface area contributed by atoms with Gasteiger partial charge in [0.15, 0.2) is 0 Å². The highest BCUT2D eigenvalue weighted by molar-refractivity contribution is 4.57. The van der Waals surface area contributed by atoms with Gasteiger partial charge in [-0.05, 0) is 84.8 Å². The van der Waals surface area contributed by atoms with E-state index >= 15 is 0 Å². The van der Waals surface area contributed by atoms with E-state index in [4.69, 9.17) is 0 Å². The van der Waals surface area contributed by atoms with E-state index < -0.39 is 0 Å². The van der Waals surface area contributed by atoms with Crippen molar-refractivity contribution >= 4 is 0 Å². The average Bonchev–Trinajstić information content (AvgIpc) is 2.41. The summed E-state index contributed by atoms with van der Waals surface area (Å²) in [4.78, 5) is 2.50. The summed E-state index contributed by atoms with van der Waals surface area (Å²) in [5, 5.41) is 7.13. The molecule has 114 valence electrons. The second-order valence-corrected chi connectivity index (χ2v) is 5.99. The van der Waals surface area contributed by atoms with Gasteiger partial charge in [0, 0.05) is 0 Å². The smallest absolute Gasteiger partial charge is 0.00218 e. The molecule has 0 aliphatic carbocycles. The standard InChI is InChI=1S/C16H35N3/c1-19-15-9-3-7-13-17-11-5-2-6-12-18-14-8-4-10-16-19/h17-18H,2-16H2,1H3. The molecule has 0 aromatic heterocycles. The van der Waals surface area contributed by atoms with E-state index in [-0.39, 0.29) is 0 Å². The van der Waals surface area contributed by atoms with Crippen molar-refractivity contribution < 1.29 is 0 Å². The molecule has 0 atom stereocenters. The van der Waals surface area contributed by atoms with E-state index in [0.717, 1.165) is 0 Å². The molecule has 0 amide bonds. The van der Waals surface area contributed by atoms with Crippen LogP contribution in [0, 0.1) is 0 Å². The van der Waals surface area contributed by atoms with Crippen molar-refractivity contribution in [3.8, 4) is 0 Å². The van der Waals surface area contributed by atoms with Crippen LogP contribution in [0.4, 0.5) is 0 Å². The Bertz CT molecular complexity index is 167. The van der Waals surface area contributed by atoms with Crippen LogP contribution in [0.3, 0.4) is 0 Å². The first kappa shape index (κ1) is 16.9. The highest BCUT2D eigenvalue weighted by Crippen LogP contribution is 2.01. The van der Waals surface area contributed by atoms with E-state index in [1.165, 1.54) is 97.1 Å². The van der Waals surface area contributed by atoms with E-state index in [1.807, 2.05) is 0 Å². The van der Waals surface area contributed by atoms with Gasteiger partial charge in [-0.1, -0.05) is 19.3 Å². The molecule has 1 heterocycles. The van der Waals surface area contributed by atoms with E-state index in [9.17, 15) is 0 Å². The third-order valence-corrected chi connectivity index (χ3v) is 3.99. The van der Waals surface area contributed by atoms with E-state index in [2.05, 4.69) is 22.6 Å². The summed E-state index contributed by atoms with van der Waals surface area (Å²) >= 11 is 0. The Balaban J connectivity index is 2.08. The van der Waals surface area contributed by atoms with Crippen LogP contribution in [-0.2, 0) is 0 Å². The molecule has 1 aliphatic rings. The van der Waals surface area contributed by atoms with Crippen LogP contribution in [0.15, 0.2) is 0 Å². The van der Waals surface area contributed by atoms with Crippen molar-refractivity contribution in [2.24, 2.45) is 0 Å². The lowest BCUT2D eigenvalue weighted by Gasteiger charge is -2.16. The maximum atomic E-state index is 3.57. The first-order valence-electron chi connectivity index (χ1n) is 8.49. The predicted octanol–water partition coefficient (Wildman–Crippen LogP) is 2.62. The summed E-state index contributed by atoms with van der Waals surface area (Å²) in [6.07, 6.45) is 12.2. The van der Waals surface area contributed by atoms with Gasteiger partial charge in [0.1, 0.15) is 0 Å². The Morgan fingerprint density at radius 3 is 1.32 bits per heavy atom. The largest absolute Gasteiger partial charge is 0.317 e. The number of hydrogen-bond donors (Lipinski definition) is 2. The normalized spacial score (nSPS) is 24.5. The molecule has 0 spiro atoms. The molecule has 1 saturated heterocycles. The van der Waals surface area contributed by atoms with Gasteiger partial charge in [-0.3, -0.25) is 0 Å². The van der Waals surface area contributed by atoms with Gasteiger partial charge < -0.3 is 15.5 Å². The fourth-order valence-corrected chi connectivity index (χ4v) is 2.66. The fourth-order valence-electron chi connectivity index (χ4n) is 2.66. The monoisotopic (exact) mass is 269 g/mol. The van der Waals surface area contributed by atoms with Crippen LogP contribution in [0.1, 0.15) is 57.8 Å². The molecule has 0 unspecified atom stereocenters. The third-order valence-electron chi connectivity index (χ3n) is 3.99. The first-order chi connectivity index (χ1) is 9.39. The summed E-state index contributed by atoms with van der Waals surface area (Å²) in [7, 11) is 2.27. The lowest BCUT2D eigenvalue weighted by Crippen LogP contribution is -2.22. The van der Waals surface area contributed by atoms with Gasteiger partial charge >= 0.3 is 0 Å². The van der Waals surface area contributed by atoms with Crippen molar-refractivity contribution in [3.05, 3.63) is 0 Å². The van der Waals surface area contributed by atoms with Gasteiger partial charge in [0.05, 0.1) is 0 Å². The van der Waals surface area contributed by atoms with Crippen LogP contribution in [0.2, 0.25) is 0 Å². The SMILES string of the molecule is CN1CCCCCNCCCCCNCCCCC1. The average molecular weight is 269 g/mol. The quantitative estimate of drug-likeness (QED) is 0.708. The van der Waals surface area contributed by atoms with Crippen molar-refractivity contribution in [2.45, 2.75) is 57.8 Å². The Morgan fingerprint density at radius 2 is 0.895 bits per heavy atom. The van der Waals surface area contributed by atoms with Crippen molar-refractivity contribution in [3.63, 3.8) is 0 Å². The summed E-state index contributed by atoms with van der Waals surface area (Å²) < 4.78 is 0. The molecule has 0 aromatic carbocycles. The maximum absolute atomic E-state index is 3.57. The van der Waals surface area contributed by atoms with Crippen molar-refractivity contribution in [1.29, 1.82) is 0 Å². The van der Waals surface area contributed by atoms with Gasteiger partial charge in [0.25, 0.3) is 0 Å². The summed E-state index contributed by atoms with van der Waals surface area (Å²) in [6.45, 7) is 7.39. The van der Waals surface area contributed by atoms with E-state index in [0.29, 0.717) is 0 Å². The first-order valence-corrected chi connectivity index (χ1v) is 8.49. The Hall–Kier alpha value is -0.120. The lowest BCUT2D eigenvalue weighted by molar-refractivity contribution is 0.315. The molecule has 2 N–H and O–H groups in total. The third kappa shape index (κ3) is 11.4. The molecule has 0 saturated carbocycles. The Morgan fingerprint density at radius 1 is 0.526 bits per heavy atom. The molecular formula is C16H35N3. The van der Waals surface area contributed by atoms with Crippen LogP contribution in [-0.4, -0.2) is 51.2 Å². The zero-order valence-electron chi connectivity index (χ0n) is 13.1. The summed E-state index contributed by atoms with van der Waals surface area (Å²) in [6, 6.07) is 0. The van der Waals surface area contributed by atoms with Crippen LogP contribution >= 0.6 is 0 Å². The van der Waals surface area contributed by atoms with Gasteiger partial charge in [0.2, 0.25) is 0 Å². The van der Waals surface area contributed by atoms with Crippen LogP contribution < -0.4 is 10.6 Å². The van der Waals surface area contributed by atoms with Crippen LogP contribution in [0.25, 0.3) is 0 Å². The molecule has 1 aliphatic heterocycles. The molecule has 1 fully saturated rings. The zero-order valence-corrected chi connectivity index (χ0v) is 13.1.